The van der Waals surface area contributed by atoms with E-state index in [0.717, 1.165) is 0 Å². The maximum Gasteiger partial charge on any atom is 0.210 e. The van der Waals surface area contributed by atoms with Crippen molar-refractivity contribution >= 4 is 5.78 Å². The predicted molar refractivity (Wildman–Crippen MR) is 39.2 cm³/mol. The van der Waals surface area contributed by atoms with Gasteiger partial charge in [-0.15, -0.1) is 13.0 Å². The van der Waals surface area contributed by atoms with Crippen molar-refractivity contribution in [3.05, 3.63) is 12.7 Å². The lowest BCUT2D eigenvalue weighted by Gasteiger charge is -2.09. The van der Waals surface area contributed by atoms with Crippen molar-refractivity contribution in [1.29, 1.82) is 0 Å². The third-order valence-electron chi connectivity index (χ3n) is 1.31. The largest absolute Gasteiger partial charge is 0.388 e. The molecular weight excluding hydrogens is 128 g/mol. The first-order valence-electron chi connectivity index (χ1n) is 2.94. The van der Waals surface area contributed by atoms with E-state index in [0.29, 0.717) is 0 Å². The number of carbonyl (C=O) groups excluding carboxylic acids is 1. The minimum Gasteiger partial charge on any atom is -0.388 e. The first-order valence-corrected chi connectivity index (χ1v) is 2.94. The van der Waals surface area contributed by atoms with E-state index >= 15 is 0 Å². The summed E-state index contributed by atoms with van der Waals surface area (Å²) in [6.07, 6.45) is 5.28. The topological polar surface area (TPSA) is 37.3 Å². The number of terminal acetylenes is 1. The summed E-state index contributed by atoms with van der Waals surface area (Å²) in [4.78, 5) is 10.7. The van der Waals surface area contributed by atoms with Gasteiger partial charge in [-0.2, -0.15) is 0 Å². The van der Waals surface area contributed by atoms with E-state index in [4.69, 9.17) is 11.5 Å². The summed E-state index contributed by atoms with van der Waals surface area (Å²) in [5, 5.41) is 8.99. The van der Waals surface area contributed by atoms with E-state index in [1.165, 1.54) is 6.08 Å². The molecule has 0 unspecified atom stereocenters. The molecule has 0 saturated heterocycles. The van der Waals surface area contributed by atoms with Crippen molar-refractivity contribution in [2.75, 3.05) is 0 Å². The standard InChI is InChI=1S/C8H10O2/c1-4-7(9)6(3)8(10)5-2/h1,5-6,8,10H,2H2,3H3/t6-,8-/m1/s1. The van der Waals surface area contributed by atoms with Crippen molar-refractivity contribution in [2.45, 2.75) is 13.0 Å². The summed E-state index contributed by atoms with van der Waals surface area (Å²) in [7, 11) is 0. The Morgan fingerprint density at radius 1 is 1.90 bits per heavy atom. The lowest BCUT2D eigenvalue weighted by Crippen LogP contribution is -2.22. The molecule has 0 aliphatic carbocycles. The van der Waals surface area contributed by atoms with Crippen molar-refractivity contribution in [3.8, 4) is 12.3 Å². The Bertz CT molecular complexity index is 176. The molecule has 10 heavy (non-hydrogen) atoms. The van der Waals surface area contributed by atoms with Gasteiger partial charge in [-0.3, -0.25) is 4.79 Å². The van der Waals surface area contributed by atoms with Crippen LogP contribution in [0.5, 0.6) is 0 Å². The van der Waals surface area contributed by atoms with E-state index in [1.807, 2.05) is 5.92 Å². The molecule has 0 aromatic heterocycles. The summed E-state index contributed by atoms with van der Waals surface area (Å²) in [5.41, 5.74) is 0. The van der Waals surface area contributed by atoms with Gasteiger partial charge in [-0.1, -0.05) is 13.0 Å². The van der Waals surface area contributed by atoms with Gasteiger partial charge in [0.05, 0.1) is 12.0 Å². The van der Waals surface area contributed by atoms with Crippen LogP contribution in [0, 0.1) is 18.3 Å². The van der Waals surface area contributed by atoms with Crippen molar-refractivity contribution < 1.29 is 9.90 Å². The number of hydrogen-bond donors (Lipinski definition) is 1. The van der Waals surface area contributed by atoms with E-state index < -0.39 is 17.8 Å². The number of carbonyl (C=O) groups is 1. The van der Waals surface area contributed by atoms with Crippen LogP contribution in [-0.2, 0) is 4.79 Å². The number of aliphatic hydroxyl groups is 1. The summed E-state index contributed by atoms with van der Waals surface area (Å²) >= 11 is 0. The lowest BCUT2D eigenvalue weighted by atomic mass is 10.0. The van der Waals surface area contributed by atoms with Gasteiger partial charge in [0.2, 0.25) is 5.78 Å². The molecule has 2 nitrogen and oxygen atoms in total. The minimum absolute atomic E-state index is 0.396. The second-order valence-electron chi connectivity index (χ2n) is 2.02. The molecular formula is C8H10O2. The fraction of sp³-hybridized carbons (Fsp3) is 0.375. The molecule has 0 heterocycles. The first kappa shape index (κ1) is 8.93. The summed E-state index contributed by atoms with van der Waals surface area (Å²) < 4.78 is 0. The quantitative estimate of drug-likeness (QED) is 0.347. The minimum atomic E-state index is -0.830. The molecule has 0 aliphatic heterocycles. The lowest BCUT2D eigenvalue weighted by molar-refractivity contribution is -0.119. The monoisotopic (exact) mass is 138 g/mol. The highest BCUT2D eigenvalue weighted by molar-refractivity contribution is 5.96. The van der Waals surface area contributed by atoms with Crippen LogP contribution in [0.2, 0.25) is 0 Å². The predicted octanol–water partition coefficient (Wildman–Crippen LogP) is 0.372. The number of aliphatic hydroxyl groups excluding tert-OH is 1. The molecule has 0 fully saturated rings. The fourth-order valence-electron chi connectivity index (χ4n) is 0.491. The Hall–Kier alpha value is -1.07. The van der Waals surface area contributed by atoms with E-state index in [-0.39, 0.29) is 0 Å². The normalized spacial score (nSPS) is 14.9. The fourth-order valence-corrected chi connectivity index (χ4v) is 0.491. The van der Waals surface area contributed by atoms with Gasteiger partial charge in [0.15, 0.2) is 0 Å². The first-order chi connectivity index (χ1) is 4.63. The van der Waals surface area contributed by atoms with Crippen LogP contribution in [0.4, 0.5) is 0 Å². The zero-order valence-electron chi connectivity index (χ0n) is 5.87. The molecule has 0 aromatic carbocycles. The number of rotatable bonds is 3. The zero-order valence-corrected chi connectivity index (χ0v) is 5.87. The van der Waals surface area contributed by atoms with Crippen LogP contribution >= 0.6 is 0 Å². The Morgan fingerprint density at radius 3 is 2.70 bits per heavy atom. The third-order valence-corrected chi connectivity index (χ3v) is 1.31. The number of hydrogen-bond acceptors (Lipinski definition) is 2. The molecule has 0 rings (SSSR count). The van der Waals surface area contributed by atoms with Crippen molar-refractivity contribution in [2.24, 2.45) is 5.92 Å². The average Bonchev–Trinajstić information content (AvgIpc) is 2.00. The van der Waals surface area contributed by atoms with Crippen LogP contribution < -0.4 is 0 Å². The number of Topliss-reactive ketones (excluding diaryl/α,β-unsaturated/α-hetero) is 1. The Labute approximate surface area is 60.6 Å². The van der Waals surface area contributed by atoms with E-state index in [2.05, 4.69) is 6.58 Å². The Morgan fingerprint density at radius 2 is 2.40 bits per heavy atom. The van der Waals surface area contributed by atoms with Gasteiger partial charge >= 0.3 is 0 Å². The maximum atomic E-state index is 10.7. The van der Waals surface area contributed by atoms with Crippen LogP contribution in [0.25, 0.3) is 0 Å². The molecule has 2 atom stereocenters. The third kappa shape index (κ3) is 2.04. The van der Waals surface area contributed by atoms with Gasteiger partial charge in [0.25, 0.3) is 0 Å². The van der Waals surface area contributed by atoms with Crippen molar-refractivity contribution in [3.63, 3.8) is 0 Å². The molecule has 0 saturated carbocycles. The maximum absolute atomic E-state index is 10.7. The second-order valence-corrected chi connectivity index (χ2v) is 2.02. The van der Waals surface area contributed by atoms with Crippen molar-refractivity contribution in [1.82, 2.24) is 0 Å². The molecule has 0 radical (unpaired) electrons. The van der Waals surface area contributed by atoms with Gasteiger partial charge in [0.1, 0.15) is 0 Å². The molecule has 0 spiro atoms. The van der Waals surface area contributed by atoms with Gasteiger partial charge in [0, 0.05) is 0 Å². The SMILES string of the molecule is C#CC(=O)[C@@H](C)[C@H](O)C=C. The van der Waals surface area contributed by atoms with E-state index in [1.54, 1.807) is 6.92 Å². The molecule has 2 heteroatoms. The molecule has 0 bridgehead atoms. The molecule has 1 N–H and O–H groups in total. The average molecular weight is 138 g/mol. The molecule has 54 valence electrons. The summed E-state index contributed by atoms with van der Waals surface area (Å²) in [6, 6.07) is 0. The van der Waals surface area contributed by atoms with Crippen LogP contribution in [0.3, 0.4) is 0 Å². The molecule has 0 aliphatic rings. The molecule has 0 amide bonds. The Balaban J connectivity index is 4.09. The van der Waals surface area contributed by atoms with Gasteiger partial charge < -0.3 is 5.11 Å². The summed E-state index contributed by atoms with van der Waals surface area (Å²) in [6.45, 7) is 4.89. The highest BCUT2D eigenvalue weighted by atomic mass is 16.3. The summed E-state index contributed by atoms with van der Waals surface area (Å²) in [5.74, 6) is 0.998. The van der Waals surface area contributed by atoms with Crippen LogP contribution in [0.15, 0.2) is 12.7 Å². The van der Waals surface area contributed by atoms with E-state index in [9.17, 15) is 4.79 Å². The highest BCUT2D eigenvalue weighted by Crippen LogP contribution is 2.03. The zero-order chi connectivity index (χ0) is 8.15. The smallest absolute Gasteiger partial charge is 0.210 e. The molecule has 0 aromatic rings. The Kier molecular flexibility index (Phi) is 3.45. The van der Waals surface area contributed by atoms with Gasteiger partial charge in [-0.25, -0.2) is 0 Å². The van der Waals surface area contributed by atoms with Crippen LogP contribution in [0.1, 0.15) is 6.92 Å². The van der Waals surface area contributed by atoms with Crippen LogP contribution in [-0.4, -0.2) is 17.0 Å². The number of ketones is 1. The second kappa shape index (κ2) is 3.86. The van der Waals surface area contributed by atoms with Gasteiger partial charge in [-0.05, 0) is 5.92 Å². The highest BCUT2D eigenvalue weighted by Gasteiger charge is 2.16.